The molecule has 0 radical (unpaired) electrons. The van der Waals surface area contributed by atoms with Gasteiger partial charge in [-0.1, -0.05) is 26.7 Å². The first-order valence-electron chi connectivity index (χ1n) is 4.56. The Kier molecular flexibility index (Phi) is 5.72. The zero-order valence-electron chi connectivity index (χ0n) is 7.92. The lowest BCUT2D eigenvalue weighted by Crippen LogP contribution is -2.30. The van der Waals surface area contributed by atoms with E-state index in [0.29, 0.717) is 12.3 Å². The first kappa shape index (κ1) is 11.4. The number of rotatable bonds is 6. The van der Waals surface area contributed by atoms with Crippen LogP contribution < -0.4 is 5.73 Å². The highest BCUT2D eigenvalue weighted by molar-refractivity contribution is 5.72. The number of hydrogen-bond donors (Lipinski definition) is 2. The average molecular weight is 173 g/mol. The van der Waals surface area contributed by atoms with E-state index in [1.165, 1.54) is 0 Å². The molecule has 0 aromatic heterocycles. The molecular formula is C9H19NO2. The van der Waals surface area contributed by atoms with Crippen molar-refractivity contribution in [1.29, 1.82) is 0 Å². The fraction of sp³-hybridized carbons (Fsp3) is 0.889. The van der Waals surface area contributed by atoms with Crippen LogP contribution in [0.15, 0.2) is 0 Å². The summed E-state index contributed by atoms with van der Waals surface area (Å²) in [6, 6.07) is -0.677. The molecule has 0 aromatic carbocycles. The maximum Gasteiger partial charge on any atom is 0.320 e. The van der Waals surface area contributed by atoms with Crippen LogP contribution in [0.3, 0.4) is 0 Å². The zero-order chi connectivity index (χ0) is 9.56. The molecule has 0 aliphatic carbocycles. The van der Waals surface area contributed by atoms with Gasteiger partial charge in [-0.3, -0.25) is 4.79 Å². The molecule has 12 heavy (non-hydrogen) atoms. The summed E-state index contributed by atoms with van der Waals surface area (Å²) in [7, 11) is 0. The van der Waals surface area contributed by atoms with Crippen molar-refractivity contribution in [1.82, 2.24) is 0 Å². The van der Waals surface area contributed by atoms with E-state index >= 15 is 0 Å². The third-order valence-electron chi connectivity index (χ3n) is 2.07. The standard InChI is InChI=1S/C9H19NO2/c1-3-4-7(2)5-6-8(10)9(11)12/h7-8H,3-6,10H2,1-2H3,(H,11,12). The van der Waals surface area contributed by atoms with Crippen LogP contribution in [0, 0.1) is 5.92 Å². The maximum atomic E-state index is 10.3. The Morgan fingerprint density at radius 3 is 2.42 bits per heavy atom. The van der Waals surface area contributed by atoms with Crippen LogP contribution in [0.25, 0.3) is 0 Å². The third-order valence-corrected chi connectivity index (χ3v) is 2.07. The van der Waals surface area contributed by atoms with Crippen molar-refractivity contribution in [3.05, 3.63) is 0 Å². The Bertz CT molecular complexity index is 136. The van der Waals surface area contributed by atoms with E-state index in [2.05, 4.69) is 13.8 Å². The monoisotopic (exact) mass is 173 g/mol. The molecule has 0 fully saturated rings. The minimum Gasteiger partial charge on any atom is -0.480 e. The molecular weight excluding hydrogens is 154 g/mol. The van der Waals surface area contributed by atoms with Gasteiger partial charge < -0.3 is 10.8 Å². The second kappa shape index (κ2) is 6.00. The Labute approximate surface area is 74.0 Å². The number of carboxylic acids is 1. The molecule has 0 spiro atoms. The fourth-order valence-corrected chi connectivity index (χ4v) is 1.22. The first-order valence-corrected chi connectivity index (χ1v) is 4.56. The number of nitrogens with two attached hydrogens (primary N) is 1. The van der Waals surface area contributed by atoms with Gasteiger partial charge in [-0.15, -0.1) is 0 Å². The van der Waals surface area contributed by atoms with E-state index in [1.54, 1.807) is 0 Å². The van der Waals surface area contributed by atoms with Crippen LogP contribution in [-0.4, -0.2) is 17.1 Å². The smallest absolute Gasteiger partial charge is 0.320 e. The second-order valence-electron chi connectivity index (χ2n) is 3.42. The molecule has 0 bridgehead atoms. The predicted molar refractivity (Wildman–Crippen MR) is 48.9 cm³/mol. The van der Waals surface area contributed by atoms with Crippen LogP contribution in [-0.2, 0) is 4.79 Å². The second-order valence-corrected chi connectivity index (χ2v) is 3.42. The first-order chi connectivity index (χ1) is 5.57. The number of aliphatic carboxylic acids is 1. The lowest BCUT2D eigenvalue weighted by molar-refractivity contribution is -0.138. The molecule has 2 unspecified atom stereocenters. The molecule has 72 valence electrons. The summed E-state index contributed by atoms with van der Waals surface area (Å²) in [6.45, 7) is 4.27. The summed E-state index contributed by atoms with van der Waals surface area (Å²) < 4.78 is 0. The predicted octanol–water partition coefficient (Wildman–Crippen LogP) is 1.61. The molecule has 3 nitrogen and oxygen atoms in total. The molecule has 3 N–H and O–H groups in total. The molecule has 0 aromatic rings. The lowest BCUT2D eigenvalue weighted by atomic mass is 9.98. The van der Waals surface area contributed by atoms with Crippen molar-refractivity contribution in [2.75, 3.05) is 0 Å². The molecule has 3 heteroatoms. The largest absolute Gasteiger partial charge is 0.480 e. The number of carbonyl (C=O) groups is 1. The van der Waals surface area contributed by atoms with Crippen LogP contribution in [0.5, 0.6) is 0 Å². The van der Waals surface area contributed by atoms with Gasteiger partial charge in [-0.2, -0.15) is 0 Å². The number of hydrogen-bond acceptors (Lipinski definition) is 2. The highest BCUT2D eigenvalue weighted by Crippen LogP contribution is 2.12. The van der Waals surface area contributed by atoms with Gasteiger partial charge in [0, 0.05) is 0 Å². The van der Waals surface area contributed by atoms with Gasteiger partial charge in [0.15, 0.2) is 0 Å². The third kappa shape index (κ3) is 5.13. The number of carboxylic acid groups (broad SMARTS) is 1. The SMILES string of the molecule is CCCC(C)CCC(N)C(=O)O. The van der Waals surface area contributed by atoms with Crippen molar-refractivity contribution < 1.29 is 9.90 Å². The molecule has 0 heterocycles. The Morgan fingerprint density at radius 1 is 1.42 bits per heavy atom. The van der Waals surface area contributed by atoms with E-state index in [1.807, 2.05) is 0 Å². The van der Waals surface area contributed by atoms with Crippen molar-refractivity contribution in [2.24, 2.45) is 11.7 Å². The lowest BCUT2D eigenvalue weighted by Gasteiger charge is -2.11. The van der Waals surface area contributed by atoms with Crippen LogP contribution >= 0.6 is 0 Å². The Hall–Kier alpha value is -0.570. The van der Waals surface area contributed by atoms with Gasteiger partial charge in [0.2, 0.25) is 0 Å². The summed E-state index contributed by atoms with van der Waals surface area (Å²) in [5, 5.41) is 8.50. The fourth-order valence-electron chi connectivity index (χ4n) is 1.22. The molecule has 0 amide bonds. The molecule has 0 saturated heterocycles. The quantitative estimate of drug-likeness (QED) is 0.641. The van der Waals surface area contributed by atoms with E-state index in [0.717, 1.165) is 19.3 Å². The minimum absolute atomic E-state index is 0.594. The minimum atomic E-state index is -0.890. The van der Waals surface area contributed by atoms with E-state index in [4.69, 9.17) is 10.8 Å². The van der Waals surface area contributed by atoms with Crippen molar-refractivity contribution >= 4 is 5.97 Å². The summed E-state index contributed by atoms with van der Waals surface area (Å²) >= 11 is 0. The molecule has 0 aliphatic heterocycles. The average Bonchev–Trinajstić information content (AvgIpc) is 2.00. The van der Waals surface area contributed by atoms with Gasteiger partial charge in [0.25, 0.3) is 0 Å². The maximum absolute atomic E-state index is 10.3. The van der Waals surface area contributed by atoms with Gasteiger partial charge >= 0.3 is 5.97 Å². The van der Waals surface area contributed by atoms with E-state index in [-0.39, 0.29) is 0 Å². The van der Waals surface area contributed by atoms with Gasteiger partial charge in [0.1, 0.15) is 6.04 Å². The summed E-state index contributed by atoms with van der Waals surface area (Å²) in [5.41, 5.74) is 5.36. The van der Waals surface area contributed by atoms with Crippen molar-refractivity contribution in [2.45, 2.75) is 45.6 Å². The topological polar surface area (TPSA) is 63.3 Å². The van der Waals surface area contributed by atoms with Gasteiger partial charge in [0.05, 0.1) is 0 Å². The molecule has 0 rings (SSSR count). The van der Waals surface area contributed by atoms with Crippen LogP contribution in [0.4, 0.5) is 0 Å². The highest BCUT2D eigenvalue weighted by atomic mass is 16.4. The van der Waals surface area contributed by atoms with Gasteiger partial charge in [-0.25, -0.2) is 0 Å². The summed E-state index contributed by atoms with van der Waals surface area (Å²) in [4.78, 5) is 10.3. The normalized spacial score (nSPS) is 15.6. The van der Waals surface area contributed by atoms with Crippen molar-refractivity contribution in [3.63, 3.8) is 0 Å². The Morgan fingerprint density at radius 2 is 2.00 bits per heavy atom. The molecule has 0 saturated carbocycles. The van der Waals surface area contributed by atoms with Crippen LogP contribution in [0.2, 0.25) is 0 Å². The highest BCUT2D eigenvalue weighted by Gasteiger charge is 2.12. The van der Waals surface area contributed by atoms with Gasteiger partial charge in [-0.05, 0) is 18.8 Å². The molecule has 0 aliphatic rings. The van der Waals surface area contributed by atoms with E-state index < -0.39 is 12.0 Å². The van der Waals surface area contributed by atoms with Crippen LogP contribution in [0.1, 0.15) is 39.5 Å². The Balaban J connectivity index is 3.46. The summed E-state index contributed by atoms with van der Waals surface area (Å²) in [6.07, 6.45) is 3.83. The molecule has 2 atom stereocenters. The zero-order valence-corrected chi connectivity index (χ0v) is 7.92. The van der Waals surface area contributed by atoms with E-state index in [9.17, 15) is 4.79 Å². The summed E-state index contributed by atoms with van der Waals surface area (Å²) in [5.74, 6) is -0.293. The van der Waals surface area contributed by atoms with Crippen molar-refractivity contribution in [3.8, 4) is 0 Å².